The van der Waals surface area contributed by atoms with Gasteiger partial charge in [-0.25, -0.2) is 4.79 Å². The van der Waals surface area contributed by atoms with E-state index in [4.69, 9.17) is 0 Å². The number of hydrogen-bond donors (Lipinski definition) is 1. The van der Waals surface area contributed by atoms with E-state index < -0.39 is 18.0 Å². The van der Waals surface area contributed by atoms with E-state index in [1.165, 1.54) is 14.2 Å². The lowest BCUT2D eigenvalue weighted by molar-refractivity contribution is -0.146. The SMILES string of the molecule is COC(=O)CCC(NC(=O)C1CC1)C(=O)OC. The molecule has 1 aliphatic carbocycles. The highest BCUT2D eigenvalue weighted by Gasteiger charge is 2.33. The summed E-state index contributed by atoms with van der Waals surface area (Å²) in [5.41, 5.74) is 0. The summed E-state index contributed by atoms with van der Waals surface area (Å²) in [4.78, 5) is 33.9. The second-order valence-electron chi connectivity index (χ2n) is 3.97. The quantitative estimate of drug-likeness (QED) is 0.664. The number of hydrogen-bond acceptors (Lipinski definition) is 5. The van der Waals surface area contributed by atoms with Crippen LogP contribution in [0.3, 0.4) is 0 Å². The second-order valence-corrected chi connectivity index (χ2v) is 3.97. The number of methoxy groups -OCH3 is 2. The minimum Gasteiger partial charge on any atom is -0.469 e. The van der Waals surface area contributed by atoms with E-state index >= 15 is 0 Å². The highest BCUT2D eigenvalue weighted by atomic mass is 16.5. The van der Waals surface area contributed by atoms with Gasteiger partial charge >= 0.3 is 11.9 Å². The Labute approximate surface area is 99.6 Å². The third-order valence-electron chi connectivity index (χ3n) is 2.62. The number of amides is 1. The molecule has 0 bridgehead atoms. The molecule has 6 heteroatoms. The van der Waals surface area contributed by atoms with Crippen molar-refractivity contribution in [3.63, 3.8) is 0 Å². The number of carbonyl (C=O) groups is 3. The molecular formula is C11H17NO5. The zero-order valence-electron chi connectivity index (χ0n) is 10.0. The van der Waals surface area contributed by atoms with Gasteiger partial charge in [0.2, 0.25) is 5.91 Å². The average Bonchev–Trinajstić information content (AvgIpc) is 3.16. The van der Waals surface area contributed by atoms with Gasteiger partial charge in [0.1, 0.15) is 6.04 Å². The highest BCUT2D eigenvalue weighted by Crippen LogP contribution is 2.29. The summed E-state index contributed by atoms with van der Waals surface area (Å²) in [7, 11) is 2.52. The van der Waals surface area contributed by atoms with Gasteiger partial charge < -0.3 is 14.8 Å². The fourth-order valence-electron chi connectivity index (χ4n) is 1.39. The van der Waals surface area contributed by atoms with Gasteiger partial charge in [-0.05, 0) is 19.3 Å². The summed E-state index contributed by atoms with van der Waals surface area (Å²) >= 11 is 0. The molecule has 96 valence electrons. The number of carbonyl (C=O) groups excluding carboxylic acids is 3. The van der Waals surface area contributed by atoms with Crippen molar-refractivity contribution in [1.29, 1.82) is 0 Å². The molecule has 1 rings (SSSR count). The van der Waals surface area contributed by atoms with E-state index in [1.807, 2.05) is 0 Å². The number of rotatable bonds is 6. The third-order valence-corrected chi connectivity index (χ3v) is 2.62. The molecule has 1 saturated carbocycles. The minimum atomic E-state index is -0.771. The largest absolute Gasteiger partial charge is 0.469 e. The minimum absolute atomic E-state index is 0.0142. The lowest BCUT2D eigenvalue weighted by atomic mass is 10.1. The van der Waals surface area contributed by atoms with Crippen molar-refractivity contribution >= 4 is 17.8 Å². The van der Waals surface area contributed by atoms with Crippen LogP contribution in [0.4, 0.5) is 0 Å². The molecular weight excluding hydrogens is 226 g/mol. The predicted molar refractivity (Wildman–Crippen MR) is 57.9 cm³/mol. The lowest BCUT2D eigenvalue weighted by Crippen LogP contribution is -2.42. The summed E-state index contributed by atoms with van der Waals surface area (Å²) in [5, 5.41) is 2.59. The number of ether oxygens (including phenoxy) is 2. The van der Waals surface area contributed by atoms with Crippen LogP contribution in [0.25, 0.3) is 0 Å². The smallest absolute Gasteiger partial charge is 0.328 e. The van der Waals surface area contributed by atoms with E-state index in [-0.39, 0.29) is 24.7 Å². The van der Waals surface area contributed by atoms with Crippen LogP contribution in [-0.4, -0.2) is 38.1 Å². The van der Waals surface area contributed by atoms with Crippen molar-refractivity contribution in [2.45, 2.75) is 31.7 Å². The number of esters is 2. The number of nitrogens with one attached hydrogen (secondary N) is 1. The highest BCUT2D eigenvalue weighted by molar-refractivity contribution is 5.87. The van der Waals surface area contributed by atoms with Crippen LogP contribution in [0, 0.1) is 5.92 Å². The molecule has 0 aromatic heterocycles. The van der Waals surface area contributed by atoms with E-state index in [2.05, 4.69) is 14.8 Å². The first kappa shape index (κ1) is 13.5. The first-order valence-corrected chi connectivity index (χ1v) is 5.53. The Balaban J connectivity index is 2.44. The van der Waals surface area contributed by atoms with Crippen LogP contribution >= 0.6 is 0 Å². The summed E-state index contributed by atoms with van der Waals surface area (Å²) in [6, 6.07) is -0.771. The summed E-state index contributed by atoms with van der Waals surface area (Å²) in [6.07, 6.45) is 1.98. The molecule has 1 N–H and O–H groups in total. The summed E-state index contributed by atoms with van der Waals surface area (Å²) in [5.74, 6) is -1.09. The molecule has 0 heterocycles. The zero-order valence-corrected chi connectivity index (χ0v) is 10.0. The van der Waals surface area contributed by atoms with E-state index in [0.717, 1.165) is 12.8 Å². The molecule has 1 unspecified atom stereocenters. The van der Waals surface area contributed by atoms with Gasteiger partial charge in [-0.3, -0.25) is 9.59 Å². The molecule has 1 aliphatic rings. The lowest BCUT2D eigenvalue weighted by Gasteiger charge is -2.15. The van der Waals surface area contributed by atoms with Crippen molar-refractivity contribution in [2.75, 3.05) is 14.2 Å². The monoisotopic (exact) mass is 243 g/mol. The van der Waals surface area contributed by atoms with Crippen LogP contribution < -0.4 is 5.32 Å². The van der Waals surface area contributed by atoms with Gasteiger partial charge in [-0.1, -0.05) is 0 Å². The fourth-order valence-corrected chi connectivity index (χ4v) is 1.39. The molecule has 1 amide bonds. The summed E-state index contributed by atoms with van der Waals surface area (Å²) in [6.45, 7) is 0. The van der Waals surface area contributed by atoms with Gasteiger partial charge in [-0.2, -0.15) is 0 Å². The van der Waals surface area contributed by atoms with E-state index in [1.54, 1.807) is 0 Å². The first-order chi connectivity index (χ1) is 8.08. The van der Waals surface area contributed by atoms with Gasteiger partial charge in [-0.15, -0.1) is 0 Å². The van der Waals surface area contributed by atoms with Crippen LogP contribution in [0.1, 0.15) is 25.7 Å². The molecule has 1 fully saturated rings. The van der Waals surface area contributed by atoms with Crippen LogP contribution in [0.5, 0.6) is 0 Å². The Morgan fingerprint density at radius 3 is 2.35 bits per heavy atom. The normalized spacial score (nSPS) is 15.9. The molecule has 0 aliphatic heterocycles. The van der Waals surface area contributed by atoms with Crippen molar-refractivity contribution in [1.82, 2.24) is 5.32 Å². The first-order valence-electron chi connectivity index (χ1n) is 5.53. The Kier molecular flexibility index (Phi) is 4.93. The maximum atomic E-state index is 11.5. The Bertz CT molecular complexity index is 311. The molecule has 1 atom stereocenters. The van der Waals surface area contributed by atoms with Gasteiger partial charge in [0, 0.05) is 12.3 Å². The summed E-state index contributed by atoms with van der Waals surface area (Å²) < 4.78 is 9.05. The zero-order chi connectivity index (χ0) is 12.8. The Hall–Kier alpha value is -1.59. The molecule has 0 aromatic rings. The second kappa shape index (κ2) is 6.22. The van der Waals surface area contributed by atoms with Crippen molar-refractivity contribution in [3.8, 4) is 0 Å². The van der Waals surface area contributed by atoms with E-state index in [9.17, 15) is 14.4 Å². The van der Waals surface area contributed by atoms with E-state index in [0.29, 0.717) is 0 Å². The van der Waals surface area contributed by atoms with Crippen LogP contribution in [0.15, 0.2) is 0 Å². The molecule has 6 nitrogen and oxygen atoms in total. The average molecular weight is 243 g/mol. The van der Waals surface area contributed by atoms with Gasteiger partial charge in [0.05, 0.1) is 14.2 Å². The van der Waals surface area contributed by atoms with Crippen molar-refractivity contribution in [2.24, 2.45) is 5.92 Å². The fraction of sp³-hybridized carbons (Fsp3) is 0.727. The predicted octanol–water partition coefficient (Wildman–Crippen LogP) is 0.00740. The topological polar surface area (TPSA) is 81.7 Å². The maximum absolute atomic E-state index is 11.5. The van der Waals surface area contributed by atoms with Crippen molar-refractivity contribution < 1.29 is 23.9 Å². The van der Waals surface area contributed by atoms with Gasteiger partial charge in [0.15, 0.2) is 0 Å². The third kappa shape index (κ3) is 4.42. The van der Waals surface area contributed by atoms with Crippen molar-refractivity contribution in [3.05, 3.63) is 0 Å². The molecule has 0 radical (unpaired) electrons. The van der Waals surface area contributed by atoms with Crippen LogP contribution in [0.2, 0.25) is 0 Å². The molecule has 0 aromatic carbocycles. The van der Waals surface area contributed by atoms with Gasteiger partial charge in [0.25, 0.3) is 0 Å². The molecule has 0 spiro atoms. The standard InChI is InChI=1S/C11H17NO5/c1-16-9(13)6-5-8(11(15)17-2)12-10(14)7-3-4-7/h7-8H,3-6H2,1-2H3,(H,12,14). The Morgan fingerprint density at radius 2 is 1.88 bits per heavy atom. The molecule has 17 heavy (non-hydrogen) atoms. The van der Waals surface area contributed by atoms with Crippen LogP contribution in [-0.2, 0) is 23.9 Å². The Morgan fingerprint density at radius 1 is 1.24 bits per heavy atom. The molecule has 0 saturated heterocycles. The maximum Gasteiger partial charge on any atom is 0.328 e.